The molecule has 0 aliphatic heterocycles. The topological polar surface area (TPSA) is 64.4 Å². The van der Waals surface area contributed by atoms with E-state index in [0.29, 0.717) is 46.8 Å². The number of H-pyrrole nitrogens is 1. The van der Waals surface area contributed by atoms with Crippen LogP contribution in [0.3, 0.4) is 0 Å². The molecule has 170 valence electrons. The number of rotatable bonds is 9. The Morgan fingerprint density at radius 1 is 1.12 bits per heavy atom. The van der Waals surface area contributed by atoms with Gasteiger partial charge in [0, 0.05) is 6.42 Å². The van der Waals surface area contributed by atoms with Gasteiger partial charge in [-0.1, -0.05) is 61.0 Å². The van der Waals surface area contributed by atoms with Crippen molar-refractivity contribution in [1.29, 1.82) is 0 Å². The molecule has 1 N–H and O–H groups in total. The number of aromatic amines is 1. The van der Waals surface area contributed by atoms with Gasteiger partial charge in [-0.3, -0.25) is 5.10 Å². The second-order valence-electron chi connectivity index (χ2n) is 7.43. The first-order chi connectivity index (χ1) is 16.1. The fourth-order valence-electron chi connectivity index (χ4n) is 3.57. The average molecular weight is 481 g/mol. The molecule has 0 saturated heterocycles. The van der Waals surface area contributed by atoms with Crippen LogP contribution in [0.15, 0.2) is 59.7 Å². The van der Waals surface area contributed by atoms with E-state index in [0.717, 1.165) is 17.5 Å². The summed E-state index contributed by atoms with van der Waals surface area (Å²) in [6.07, 6.45) is 3.15. The summed E-state index contributed by atoms with van der Waals surface area (Å²) in [5.41, 5.74) is 1.92. The van der Waals surface area contributed by atoms with Crippen LogP contribution in [0, 0.1) is 4.77 Å². The molecule has 0 atom stereocenters. The fourth-order valence-corrected chi connectivity index (χ4v) is 4.04. The zero-order valence-corrected chi connectivity index (χ0v) is 20.1. The van der Waals surface area contributed by atoms with Crippen LogP contribution in [0.5, 0.6) is 11.5 Å². The Morgan fingerprint density at radius 2 is 1.94 bits per heavy atom. The highest BCUT2D eigenvalue weighted by molar-refractivity contribution is 7.71. The van der Waals surface area contributed by atoms with Crippen LogP contribution < -0.4 is 9.47 Å². The van der Waals surface area contributed by atoms with Gasteiger partial charge < -0.3 is 9.47 Å². The third-order valence-corrected chi connectivity index (χ3v) is 5.60. The molecule has 0 spiro atoms. The number of nitrogens with zero attached hydrogens (tertiary/aromatic N) is 3. The van der Waals surface area contributed by atoms with E-state index in [9.17, 15) is 0 Å². The molecule has 0 radical (unpaired) electrons. The fraction of sp³-hybridized carbons (Fsp3) is 0.240. The molecule has 0 aliphatic rings. The van der Waals surface area contributed by atoms with Crippen molar-refractivity contribution in [3.8, 4) is 11.5 Å². The number of fused-ring (bicyclic) bond motifs is 1. The molecule has 0 unspecified atom stereocenters. The van der Waals surface area contributed by atoms with Gasteiger partial charge in [-0.2, -0.15) is 14.9 Å². The SMILES string of the molecule is CCCOc1c(Cl)cc(/C=N/n2c(Cc3cccc4ccccc34)n[nH]c2=S)cc1OCC. The summed E-state index contributed by atoms with van der Waals surface area (Å²) in [6, 6.07) is 18.2. The standard InChI is InChI=1S/C25H25ClN4O2S/c1-3-12-32-24-21(26)13-17(14-22(24)31-4-2)16-27-30-23(28-29-25(30)33)15-19-10-7-9-18-8-5-6-11-20(18)19/h5-11,13-14,16H,3-4,12,15H2,1-2H3,(H,29,33)/b27-16+. The number of halogens is 1. The van der Waals surface area contributed by atoms with Crippen LogP contribution in [-0.2, 0) is 6.42 Å². The van der Waals surface area contributed by atoms with E-state index in [1.165, 1.54) is 10.8 Å². The van der Waals surface area contributed by atoms with Gasteiger partial charge in [0.25, 0.3) is 0 Å². The van der Waals surface area contributed by atoms with Crippen LogP contribution in [0.1, 0.15) is 37.2 Å². The first kappa shape index (κ1) is 23.0. The molecular formula is C25H25ClN4O2S. The Balaban J connectivity index is 1.64. The van der Waals surface area contributed by atoms with Crippen molar-refractivity contribution in [3.63, 3.8) is 0 Å². The quantitative estimate of drug-likeness (QED) is 0.222. The molecule has 0 fully saturated rings. The molecule has 8 heteroatoms. The summed E-state index contributed by atoms with van der Waals surface area (Å²) >= 11 is 11.9. The lowest BCUT2D eigenvalue weighted by Crippen LogP contribution is -2.03. The molecule has 0 bridgehead atoms. The summed E-state index contributed by atoms with van der Waals surface area (Å²) in [4.78, 5) is 0. The van der Waals surface area contributed by atoms with Crippen molar-refractivity contribution in [2.75, 3.05) is 13.2 Å². The molecule has 6 nitrogen and oxygen atoms in total. The van der Waals surface area contributed by atoms with E-state index in [2.05, 4.69) is 39.6 Å². The van der Waals surface area contributed by atoms with Crippen LogP contribution in [0.25, 0.3) is 10.8 Å². The van der Waals surface area contributed by atoms with Crippen LogP contribution in [0.4, 0.5) is 0 Å². The molecule has 0 saturated carbocycles. The molecule has 4 rings (SSSR count). The third kappa shape index (κ3) is 5.26. The van der Waals surface area contributed by atoms with E-state index >= 15 is 0 Å². The van der Waals surface area contributed by atoms with Crippen molar-refractivity contribution in [2.45, 2.75) is 26.7 Å². The number of aromatic nitrogens is 3. The minimum atomic E-state index is 0.417. The summed E-state index contributed by atoms with van der Waals surface area (Å²) in [5, 5.41) is 14.7. The van der Waals surface area contributed by atoms with E-state index in [-0.39, 0.29) is 0 Å². The van der Waals surface area contributed by atoms with E-state index < -0.39 is 0 Å². The van der Waals surface area contributed by atoms with Gasteiger partial charge in [0.1, 0.15) is 0 Å². The van der Waals surface area contributed by atoms with Gasteiger partial charge in [0.2, 0.25) is 4.77 Å². The lowest BCUT2D eigenvalue weighted by molar-refractivity contribution is 0.277. The highest BCUT2D eigenvalue weighted by atomic mass is 35.5. The highest BCUT2D eigenvalue weighted by Gasteiger charge is 2.13. The van der Waals surface area contributed by atoms with Gasteiger partial charge >= 0.3 is 0 Å². The Morgan fingerprint density at radius 3 is 2.76 bits per heavy atom. The monoisotopic (exact) mass is 480 g/mol. The van der Waals surface area contributed by atoms with Crippen LogP contribution in [0.2, 0.25) is 5.02 Å². The molecular weight excluding hydrogens is 456 g/mol. The molecule has 0 aliphatic carbocycles. The largest absolute Gasteiger partial charge is 0.490 e. The van der Waals surface area contributed by atoms with Crippen molar-refractivity contribution in [2.24, 2.45) is 5.10 Å². The molecule has 4 aromatic rings. The van der Waals surface area contributed by atoms with E-state index in [4.69, 9.17) is 33.3 Å². The lowest BCUT2D eigenvalue weighted by Gasteiger charge is -2.13. The molecule has 33 heavy (non-hydrogen) atoms. The molecule has 1 aromatic heterocycles. The summed E-state index contributed by atoms with van der Waals surface area (Å²) < 4.78 is 13.6. The predicted octanol–water partition coefficient (Wildman–Crippen LogP) is 6.41. The first-order valence-electron chi connectivity index (χ1n) is 10.9. The van der Waals surface area contributed by atoms with E-state index in [1.54, 1.807) is 17.0 Å². The van der Waals surface area contributed by atoms with Gasteiger partial charge in [-0.25, -0.2) is 0 Å². The van der Waals surface area contributed by atoms with Crippen molar-refractivity contribution < 1.29 is 9.47 Å². The maximum Gasteiger partial charge on any atom is 0.216 e. The van der Waals surface area contributed by atoms with Gasteiger partial charge in [0.15, 0.2) is 17.3 Å². The van der Waals surface area contributed by atoms with Gasteiger partial charge in [-0.15, -0.1) is 0 Å². The second-order valence-corrected chi connectivity index (χ2v) is 8.22. The lowest BCUT2D eigenvalue weighted by atomic mass is 10.0. The average Bonchev–Trinajstić information content (AvgIpc) is 3.16. The molecule has 0 amide bonds. The number of hydrogen-bond acceptors (Lipinski definition) is 5. The maximum atomic E-state index is 6.48. The zero-order valence-electron chi connectivity index (χ0n) is 18.5. The summed E-state index contributed by atoms with van der Waals surface area (Å²) in [6.45, 7) is 5.03. The minimum absolute atomic E-state index is 0.417. The van der Waals surface area contributed by atoms with Crippen LogP contribution >= 0.6 is 23.8 Å². The highest BCUT2D eigenvalue weighted by Crippen LogP contribution is 2.36. The second kappa shape index (κ2) is 10.6. The van der Waals surface area contributed by atoms with Crippen molar-refractivity contribution in [1.82, 2.24) is 14.9 Å². The Labute approximate surface area is 202 Å². The number of ether oxygens (including phenoxy) is 2. The normalized spacial score (nSPS) is 11.4. The minimum Gasteiger partial charge on any atom is -0.490 e. The third-order valence-electron chi connectivity index (χ3n) is 5.05. The summed E-state index contributed by atoms with van der Waals surface area (Å²) in [5.74, 6) is 1.85. The maximum absolute atomic E-state index is 6.48. The van der Waals surface area contributed by atoms with Gasteiger partial charge in [-0.05, 0) is 59.6 Å². The Kier molecular flexibility index (Phi) is 7.42. The predicted molar refractivity (Wildman–Crippen MR) is 136 cm³/mol. The van der Waals surface area contributed by atoms with Crippen LogP contribution in [-0.4, -0.2) is 34.3 Å². The number of hydrogen-bond donors (Lipinski definition) is 1. The number of nitrogens with one attached hydrogen (secondary N) is 1. The molecule has 3 aromatic carbocycles. The Bertz CT molecular complexity index is 1340. The van der Waals surface area contributed by atoms with Crippen molar-refractivity contribution >= 4 is 40.8 Å². The summed E-state index contributed by atoms with van der Waals surface area (Å²) in [7, 11) is 0. The smallest absolute Gasteiger partial charge is 0.216 e. The number of benzene rings is 3. The van der Waals surface area contributed by atoms with E-state index in [1.807, 2.05) is 38.1 Å². The zero-order chi connectivity index (χ0) is 23.2. The molecule has 1 heterocycles. The first-order valence-corrected chi connectivity index (χ1v) is 11.7. The Hall–Kier alpha value is -3.16. The van der Waals surface area contributed by atoms with Gasteiger partial charge in [0.05, 0.1) is 24.5 Å². The van der Waals surface area contributed by atoms with Crippen molar-refractivity contribution in [3.05, 3.63) is 81.3 Å².